The second kappa shape index (κ2) is 8.15. The lowest BCUT2D eigenvalue weighted by atomic mass is 10.1. The van der Waals surface area contributed by atoms with Gasteiger partial charge in [0.05, 0.1) is 23.8 Å². The number of alkyl halides is 6. The minimum atomic E-state index is -4.92. The van der Waals surface area contributed by atoms with Gasteiger partial charge in [0.2, 0.25) is 5.91 Å². The fourth-order valence-electron chi connectivity index (χ4n) is 2.52. The van der Waals surface area contributed by atoms with Gasteiger partial charge in [-0.15, -0.1) is 0 Å². The van der Waals surface area contributed by atoms with Crippen LogP contribution in [0.5, 0.6) is 5.75 Å². The van der Waals surface area contributed by atoms with Crippen molar-refractivity contribution in [3.63, 3.8) is 0 Å². The summed E-state index contributed by atoms with van der Waals surface area (Å²) in [6, 6.07) is 0.836. The SMILES string of the molecule is O=C(NCCCOc1cc(C(F)(F)F)cc(C(F)(F)F)c1)C1CCCN1. The van der Waals surface area contributed by atoms with E-state index in [9.17, 15) is 31.1 Å². The van der Waals surface area contributed by atoms with Crippen LogP contribution < -0.4 is 15.4 Å². The third kappa shape index (κ3) is 5.79. The van der Waals surface area contributed by atoms with Crippen LogP contribution in [-0.2, 0) is 17.1 Å². The number of halogens is 6. The molecule has 0 saturated carbocycles. The summed E-state index contributed by atoms with van der Waals surface area (Å²) in [5.74, 6) is -0.697. The molecule has 1 aromatic carbocycles. The smallest absolute Gasteiger partial charge is 0.416 e. The molecule has 4 nitrogen and oxygen atoms in total. The Morgan fingerprint density at radius 3 is 2.23 bits per heavy atom. The van der Waals surface area contributed by atoms with Crippen LogP contribution in [0.25, 0.3) is 0 Å². The monoisotopic (exact) mass is 384 g/mol. The molecule has 1 unspecified atom stereocenters. The molecule has 0 aliphatic carbocycles. The maximum Gasteiger partial charge on any atom is 0.416 e. The maximum absolute atomic E-state index is 12.7. The Morgan fingerprint density at radius 2 is 1.73 bits per heavy atom. The number of ether oxygens (including phenoxy) is 1. The van der Waals surface area contributed by atoms with Gasteiger partial charge in [0.25, 0.3) is 0 Å². The summed E-state index contributed by atoms with van der Waals surface area (Å²) in [4.78, 5) is 11.7. The fourth-order valence-corrected chi connectivity index (χ4v) is 2.52. The number of nitrogens with one attached hydrogen (secondary N) is 2. The lowest BCUT2D eigenvalue weighted by Gasteiger charge is -2.15. The Balaban J connectivity index is 1.89. The molecule has 146 valence electrons. The van der Waals surface area contributed by atoms with Crippen LogP contribution in [0.4, 0.5) is 26.3 Å². The number of benzene rings is 1. The van der Waals surface area contributed by atoms with Crippen LogP contribution in [0.1, 0.15) is 30.4 Å². The van der Waals surface area contributed by atoms with Gasteiger partial charge in [0, 0.05) is 6.54 Å². The molecule has 1 heterocycles. The standard InChI is InChI=1S/C16H18F6N2O2/c17-15(18,19)10-7-11(16(20,21)22)9-12(8-10)26-6-2-5-24-14(25)13-3-1-4-23-13/h7-9,13,23H,1-6H2,(H,24,25). The zero-order chi connectivity index (χ0) is 19.4. The maximum atomic E-state index is 12.7. The van der Waals surface area contributed by atoms with Crippen LogP contribution in [0, 0.1) is 0 Å². The Labute approximate surface area is 145 Å². The zero-order valence-corrected chi connectivity index (χ0v) is 13.6. The second-order valence-corrected chi connectivity index (χ2v) is 5.88. The molecule has 1 aliphatic rings. The molecule has 1 aromatic rings. The molecule has 1 amide bonds. The molecule has 2 rings (SSSR count). The van der Waals surface area contributed by atoms with Crippen molar-refractivity contribution in [1.29, 1.82) is 0 Å². The molecular weight excluding hydrogens is 366 g/mol. The van der Waals surface area contributed by atoms with Crippen molar-refractivity contribution >= 4 is 5.91 Å². The number of amides is 1. The molecule has 0 radical (unpaired) electrons. The Morgan fingerprint density at radius 1 is 1.12 bits per heavy atom. The lowest BCUT2D eigenvalue weighted by Crippen LogP contribution is -2.40. The topological polar surface area (TPSA) is 50.4 Å². The van der Waals surface area contributed by atoms with E-state index in [0.717, 1.165) is 19.4 Å². The average molecular weight is 384 g/mol. The molecular formula is C16H18F6N2O2. The quantitative estimate of drug-likeness (QED) is 0.584. The molecule has 1 saturated heterocycles. The van der Waals surface area contributed by atoms with Gasteiger partial charge in [-0.05, 0) is 44.0 Å². The average Bonchev–Trinajstić information content (AvgIpc) is 3.07. The molecule has 1 aliphatic heterocycles. The van der Waals surface area contributed by atoms with Crippen LogP contribution in [0.3, 0.4) is 0 Å². The van der Waals surface area contributed by atoms with Gasteiger partial charge in [-0.1, -0.05) is 0 Å². The van der Waals surface area contributed by atoms with Crippen molar-refractivity contribution in [2.75, 3.05) is 19.7 Å². The fraction of sp³-hybridized carbons (Fsp3) is 0.562. The highest BCUT2D eigenvalue weighted by atomic mass is 19.4. The molecule has 1 fully saturated rings. The molecule has 2 N–H and O–H groups in total. The number of carbonyl (C=O) groups is 1. The van der Waals surface area contributed by atoms with E-state index in [1.165, 1.54) is 0 Å². The van der Waals surface area contributed by atoms with E-state index in [0.29, 0.717) is 12.1 Å². The number of rotatable bonds is 6. The van der Waals surface area contributed by atoms with Crippen LogP contribution >= 0.6 is 0 Å². The minimum Gasteiger partial charge on any atom is -0.493 e. The first-order valence-corrected chi connectivity index (χ1v) is 8.01. The summed E-state index contributed by atoms with van der Waals surface area (Å²) in [7, 11) is 0. The van der Waals surface area contributed by atoms with Crippen molar-refractivity contribution in [3.05, 3.63) is 29.3 Å². The number of carbonyl (C=O) groups excluding carboxylic acids is 1. The predicted octanol–water partition coefficient (Wildman–Crippen LogP) is 3.36. The summed E-state index contributed by atoms with van der Waals surface area (Å²) in [5, 5.41) is 5.65. The van der Waals surface area contributed by atoms with E-state index in [1.807, 2.05) is 0 Å². The summed E-state index contributed by atoms with van der Waals surface area (Å²) in [5.41, 5.74) is -2.86. The summed E-state index contributed by atoms with van der Waals surface area (Å²) < 4.78 is 81.5. The van der Waals surface area contributed by atoms with Crippen molar-refractivity contribution in [1.82, 2.24) is 10.6 Å². The van der Waals surface area contributed by atoms with Gasteiger partial charge in [-0.25, -0.2) is 0 Å². The predicted molar refractivity (Wildman–Crippen MR) is 80.6 cm³/mol. The van der Waals surface area contributed by atoms with Crippen molar-refractivity contribution < 1.29 is 35.9 Å². The molecule has 10 heteroatoms. The van der Waals surface area contributed by atoms with E-state index in [1.54, 1.807) is 0 Å². The third-order valence-electron chi connectivity index (χ3n) is 3.83. The van der Waals surface area contributed by atoms with E-state index in [2.05, 4.69) is 10.6 Å². The summed E-state index contributed by atoms with van der Waals surface area (Å²) in [6.45, 7) is 0.845. The van der Waals surface area contributed by atoms with Gasteiger partial charge >= 0.3 is 12.4 Å². The Bertz CT molecular complexity index is 592. The van der Waals surface area contributed by atoms with Crippen LogP contribution in [-0.4, -0.2) is 31.6 Å². The van der Waals surface area contributed by atoms with Gasteiger partial charge in [0.15, 0.2) is 0 Å². The minimum absolute atomic E-state index is 0.0433. The third-order valence-corrected chi connectivity index (χ3v) is 3.83. The summed E-state index contributed by atoms with van der Waals surface area (Å²) in [6.07, 6.45) is -7.95. The molecule has 0 spiro atoms. The zero-order valence-electron chi connectivity index (χ0n) is 13.6. The van der Waals surface area contributed by atoms with E-state index in [4.69, 9.17) is 4.74 Å². The molecule has 0 bridgehead atoms. The van der Waals surface area contributed by atoms with Crippen LogP contribution in [0.2, 0.25) is 0 Å². The summed E-state index contributed by atoms with van der Waals surface area (Å²) >= 11 is 0. The van der Waals surface area contributed by atoms with E-state index in [-0.39, 0.29) is 37.6 Å². The second-order valence-electron chi connectivity index (χ2n) is 5.88. The van der Waals surface area contributed by atoms with E-state index >= 15 is 0 Å². The van der Waals surface area contributed by atoms with Crippen molar-refractivity contribution in [2.45, 2.75) is 37.7 Å². The molecule has 1 atom stereocenters. The lowest BCUT2D eigenvalue weighted by molar-refractivity contribution is -0.143. The van der Waals surface area contributed by atoms with Crippen molar-refractivity contribution in [2.24, 2.45) is 0 Å². The normalized spacial score (nSPS) is 18.0. The Hall–Kier alpha value is -1.97. The first-order valence-electron chi connectivity index (χ1n) is 8.01. The van der Waals surface area contributed by atoms with Gasteiger partial charge < -0.3 is 15.4 Å². The number of hydrogen-bond acceptors (Lipinski definition) is 3. The largest absolute Gasteiger partial charge is 0.493 e. The van der Waals surface area contributed by atoms with Gasteiger partial charge in [-0.2, -0.15) is 26.3 Å². The Kier molecular flexibility index (Phi) is 6.38. The highest BCUT2D eigenvalue weighted by Crippen LogP contribution is 2.38. The highest BCUT2D eigenvalue weighted by molar-refractivity contribution is 5.81. The highest BCUT2D eigenvalue weighted by Gasteiger charge is 2.37. The van der Waals surface area contributed by atoms with Crippen LogP contribution in [0.15, 0.2) is 18.2 Å². The first-order chi connectivity index (χ1) is 12.1. The van der Waals surface area contributed by atoms with E-state index < -0.39 is 29.2 Å². The first kappa shape index (κ1) is 20.3. The van der Waals surface area contributed by atoms with Gasteiger partial charge in [-0.3, -0.25) is 4.79 Å². The number of hydrogen-bond donors (Lipinski definition) is 2. The molecule has 26 heavy (non-hydrogen) atoms. The van der Waals surface area contributed by atoms with Gasteiger partial charge in [0.1, 0.15) is 5.75 Å². The molecule has 0 aromatic heterocycles. The van der Waals surface area contributed by atoms with Crippen molar-refractivity contribution in [3.8, 4) is 5.75 Å².